The van der Waals surface area contributed by atoms with Crippen molar-refractivity contribution in [1.82, 2.24) is 4.31 Å². The third kappa shape index (κ3) is 1.24. The van der Waals surface area contributed by atoms with Crippen LogP contribution in [0.2, 0.25) is 0 Å². The van der Waals surface area contributed by atoms with Crippen LogP contribution in [0.5, 0.6) is 0 Å². The van der Waals surface area contributed by atoms with E-state index in [2.05, 4.69) is 0 Å². The second kappa shape index (κ2) is 1.95. The topological polar surface area (TPSA) is 37.1 Å². The standard InChI is InChI=1S/C5H11NO2S/c1-3-9(7,8)6-4-5(6)2/h5H,3-4H2,1-2H3/t5?,6-/m0/s1. The summed E-state index contributed by atoms with van der Waals surface area (Å²) in [5.41, 5.74) is 0. The molecule has 0 bridgehead atoms. The average Bonchev–Trinajstić information content (AvgIpc) is 2.47. The minimum Gasteiger partial charge on any atom is -0.212 e. The van der Waals surface area contributed by atoms with Gasteiger partial charge in [-0.25, -0.2) is 8.42 Å². The van der Waals surface area contributed by atoms with Gasteiger partial charge in [0, 0.05) is 12.6 Å². The van der Waals surface area contributed by atoms with E-state index in [0.29, 0.717) is 0 Å². The van der Waals surface area contributed by atoms with Crippen LogP contribution in [0.25, 0.3) is 0 Å². The summed E-state index contributed by atoms with van der Waals surface area (Å²) in [5, 5.41) is 0. The zero-order valence-corrected chi connectivity index (χ0v) is 6.48. The second-order valence-electron chi connectivity index (χ2n) is 2.32. The molecule has 0 radical (unpaired) electrons. The van der Waals surface area contributed by atoms with E-state index in [4.69, 9.17) is 0 Å². The van der Waals surface area contributed by atoms with Crippen LogP contribution in [0.15, 0.2) is 0 Å². The largest absolute Gasteiger partial charge is 0.214 e. The molecule has 0 saturated carbocycles. The van der Waals surface area contributed by atoms with Gasteiger partial charge in [0.15, 0.2) is 0 Å². The minimum atomic E-state index is -2.84. The Labute approximate surface area is 55.7 Å². The molecule has 1 aliphatic heterocycles. The normalized spacial score (nSPS) is 34.4. The summed E-state index contributed by atoms with van der Waals surface area (Å²) in [6.07, 6.45) is 0. The molecule has 54 valence electrons. The molecule has 0 N–H and O–H groups in total. The lowest BCUT2D eigenvalue weighted by molar-refractivity contribution is 0.557. The molecule has 1 unspecified atom stereocenters. The molecule has 0 amide bonds. The molecular formula is C5H11NO2S. The average molecular weight is 149 g/mol. The van der Waals surface area contributed by atoms with Gasteiger partial charge in [0.05, 0.1) is 5.75 Å². The van der Waals surface area contributed by atoms with Crippen molar-refractivity contribution in [3.63, 3.8) is 0 Å². The van der Waals surface area contributed by atoms with Crippen molar-refractivity contribution in [2.75, 3.05) is 12.3 Å². The Balaban J connectivity index is 2.63. The fourth-order valence-electron chi connectivity index (χ4n) is 0.767. The number of nitrogens with zero attached hydrogens (tertiary/aromatic N) is 1. The van der Waals surface area contributed by atoms with Gasteiger partial charge in [-0.15, -0.1) is 0 Å². The van der Waals surface area contributed by atoms with Crippen LogP contribution in [0, 0.1) is 0 Å². The molecule has 0 aliphatic carbocycles. The van der Waals surface area contributed by atoms with Crippen molar-refractivity contribution >= 4 is 10.0 Å². The summed E-state index contributed by atoms with van der Waals surface area (Å²) in [6, 6.07) is 0.259. The first-order valence-electron chi connectivity index (χ1n) is 3.07. The summed E-state index contributed by atoms with van der Waals surface area (Å²) in [7, 11) is -2.84. The highest BCUT2D eigenvalue weighted by Gasteiger charge is 2.38. The molecule has 2 atom stereocenters. The van der Waals surface area contributed by atoms with Crippen molar-refractivity contribution in [2.45, 2.75) is 19.9 Å². The predicted molar refractivity (Wildman–Crippen MR) is 35.6 cm³/mol. The zero-order chi connectivity index (χ0) is 7.07. The van der Waals surface area contributed by atoms with Crippen LogP contribution in [0.3, 0.4) is 0 Å². The Hall–Kier alpha value is -0.0900. The Morgan fingerprint density at radius 1 is 1.67 bits per heavy atom. The Morgan fingerprint density at radius 2 is 2.11 bits per heavy atom. The van der Waals surface area contributed by atoms with Crippen molar-refractivity contribution in [1.29, 1.82) is 0 Å². The first kappa shape index (κ1) is 7.02. The predicted octanol–water partition coefficient (Wildman–Crippen LogP) is 0.0402. The van der Waals surface area contributed by atoms with E-state index in [1.54, 1.807) is 6.92 Å². The molecule has 1 saturated heterocycles. The molecule has 9 heavy (non-hydrogen) atoms. The minimum absolute atomic E-state index is 0.233. The van der Waals surface area contributed by atoms with Crippen LogP contribution in [-0.4, -0.2) is 31.1 Å². The summed E-state index contributed by atoms with van der Waals surface area (Å²) in [4.78, 5) is 0. The Bertz CT molecular complexity index is 197. The maximum absolute atomic E-state index is 10.9. The van der Waals surface area contributed by atoms with Gasteiger partial charge in [-0.2, -0.15) is 4.31 Å². The summed E-state index contributed by atoms with van der Waals surface area (Å²) in [5.74, 6) is 0.233. The van der Waals surface area contributed by atoms with Crippen molar-refractivity contribution in [2.24, 2.45) is 0 Å². The maximum atomic E-state index is 10.9. The van der Waals surface area contributed by atoms with E-state index in [-0.39, 0.29) is 11.8 Å². The fraction of sp³-hybridized carbons (Fsp3) is 1.00. The summed E-state index contributed by atoms with van der Waals surface area (Å²) in [6.45, 7) is 4.30. The quantitative estimate of drug-likeness (QED) is 0.520. The van der Waals surface area contributed by atoms with E-state index in [1.807, 2.05) is 6.92 Å². The number of hydrogen-bond acceptors (Lipinski definition) is 2. The number of rotatable bonds is 2. The number of sulfonamides is 1. The van der Waals surface area contributed by atoms with Gasteiger partial charge in [0.25, 0.3) is 0 Å². The third-order valence-corrected chi connectivity index (χ3v) is 3.48. The monoisotopic (exact) mass is 149 g/mol. The van der Waals surface area contributed by atoms with Crippen molar-refractivity contribution in [3.05, 3.63) is 0 Å². The first-order chi connectivity index (χ1) is 4.08. The molecule has 0 aromatic carbocycles. The highest BCUT2D eigenvalue weighted by Crippen LogP contribution is 2.21. The fourth-order valence-corrected chi connectivity index (χ4v) is 2.09. The molecule has 0 spiro atoms. The van der Waals surface area contributed by atoms with Gasteiger partial charge in [0.1, 0.15) is 0 Å². The molecule has 1 fully saturated rings. The molecule has 4 heteroatoms. The lowest BCUT2D eigenvalue weighted by Gasteiger charge is -1.98. The van der Waals surface area contributed by atoms with Crippen LogP contribution in [-0.2, 0) is 10.0 Å². The first-order valence-corrected chi connectivity index (χ1v) is 4.68. The van der Waals surface area contributed by atoms with E-state index in [0.717, 1.165) is 6.54 Å². The van der Waals surface area contributed by atoms with Gasteiger partial charge in [-0.1, -0.05) is 0 Å². The lowest BCUT2D eigenvalue weighted by atomic mass is 10.6. The van der Waals surface area contributed by atoms with Gasteiger partial charge < -0.3 is 0 Å². The molecule has 0 aromatic heterocycles. The van der Waals surface area contributed by atoms with Gasteiger partial charge in [-0.05, 0) is 13.8 Å². The molecule has 0 aromatic rings. The van der Waals surface area contributed by atoms with Crippen molar-refractivity contribution < 1.29 is 8.42 Å². The molecule has 1 heterocycles. The SMILES string of the molecule is CCS(=O)(=O)[N@@]1CC1C. The van der Waals surface area contributed by atoms with Crippen LogP contribution < -0.4 is 0 Å². The van der Waals surface area contributed by atoms with E-state index in [9.17, 15) is 8.42 Å². The zero-order valence-electron chi connectivity index (χ0n) is 5.66. The van der Waals surface area contributed by atoms with Gasteiger partial charge >= 0.3 is 0 Å². The molecule has 1 rings (SSSR count). The van der Waals surface area contributed by atoms with Gasteiger partial charge in [0.2, 0.25) is 10.0 Å². The molecule has 3 nitrogen and oxygen atoms in total. The second-order valence-corrected chi connectivity index (χ2v) is 4.53. The smallest absolute Gasteiger partial charge is 0.212 e. The third-order valence-electron chi connectivity index (χ3n) is 1.52. The molecular weight excluding hydrogens is 138 g/mol. The summed E-state index contributed by atoms with van der Waals surface area (Å²) < 4.78 is 23.3. The molecule has 1 aliphatic rings. The highest BCUT2D eigenvalue weighted by molar-refractivity contribution is 7.89. The number of hydrogen-bond donors (Lipinski definition) is 0. The Kier molecular flexibility index (Phi) is 1.52. The highest BCUT2D eigenvalue weighted by atomic mass is 32.2. The summed E-state index contributed by atoms with van der Waals surface area (Å²) >= 11 is 0. The van der Waals surface area contributed by atoms with Gasteiger partial charge in [-0.3, -0.25) is 0 Å². The van der Waals surface area contributed by atoms with Crippen LogP contribution in [0.1, 0.15) is 13.8 Å². The van der Waals surface area contributed by atoms with Crippen molar-refractivity contribution in [3.8, 4) is 0 Å². The van der Waals surface area contributed by atoms with Crippen LogP contribution in [0.4, 0.5) is 0 Å². The lowest BCUT2D eigenvalue weighted by Crippen LogP contribution is -2.15. The maximum Gasteiger partial charge on any atom is 0.214 e. The van der Waals surface area contributed by atoms with E-state index >= 15 is 0 Å². The van der Waals surface area contributed by atoms with Crippen LogP contribution >= 0.6 is 0 Å². The van der Waals surface area contributed by atoms with E-state index < -0.39 is 10.0 Å². The Morgan fingerprint density at radius 3 is 2.22 bits per heavy atom. The van der Waals surface area contributed by atoms with E-state index in [1.165, 1.54) is 4.31 Å².